The number of para-hydroxylation sites is 1. The molecule has 1 aliphatic heterocycles. The van der Waals surface area contributed by atoms with Gasteiger partial charge in [0.1, 0.15) is 0 Å². The van der Waals surface area contributed by atoms with Crippen LogP contribution >= 0.6 is 0 Å². The number of nitrogens with zero attached hydrogens (tertiary/aromatic N) is 4. The van der Waals surface area contributed by atoms with Gasteiger partial charge in [0.05, 0.1) is 5.56 Å². The first kappa shape index (κ1) is 17.4. The molecule has 0 bridgehead atoms. The van der Waals surface area contributed by atoms with Gasteiger partial charge in [-0.2, -0.15) is 0 Å². The molecular weight excluding hydrogens is 312 g/mol. The highest BCUT2D eigenvalue weighted by molar-refractivity contribution is 5.93. The first-order valence-electron chi connectivity index (χ1n) is 9.14. The fourth-order valence-corrected chi connectivity index (χ4v) is 3.46. The summed E-state index contributed by atoms with van der Waals surface area (Å²) in [6.45, 7) is 7.88. The summed E-state index contributed by atoms with van der Waals surface area (Å²) < 4.78 is 0. The number of hydrogen-bond acceptors (Lipinski definition) is 4. The van der Waals surface area contributed by atoms with Crippen molar-refractivity contribution in [1.29, 1.82) is 0 Å². The molecule has 2 heterocycles. The van der Waals surface area contributed by atoms with Crippen molar-refractivity contribution >= 4 is 17.5 Å². The zero-order valence-corrected chi connectivity index (χ0v) is 15.3. The van der Waals surface area contributed by atoms with E-state index in [1.165, 1.54) is 5.56 Å². The van der Waals surface area contributed by atoms with Gasteiger partial charge in [-0.25, -0.2) is 9.97 Å². The molecule has 5 heteroatoms. The van der Waals surface area contributed by atoms with Crippen LogP contribution in [0.3, 0.4) is 0 Å². The number of carbonyl (C=O) groups is 1. The summed E-state index contributed by atoms with van der Waals surface area (Å²) in [5, 5.41) is 0. The molecule has 0 fully saturated rings. The third-order valence-corrected chi connectivity index (χ3v) is 4.58. The Balaban J connectivity index is 1.82. The van der Waals surface area contributed by atoms with Gasteiger partial charge in [-0.1, -0.05) is 32.0 Å². The molecule has 2 aromatic rings. The van der Waals surface area contributed by atoms with E-state index in [9.17, 15) is 4.79 Å². The normalized spacial score (nSPS) is 16.0. The van der Waals surface area contributed by atoms with Gasteiger partial charge in [0.15, 0.2) is 0 Å². The first-order chi connectivity index (χ1) is 12.2. The minimum atomic E-state index is 0.0186. The van der Waals surface area contributed by atoms with E-state index in [0.29, 0.717) is 17.6 Å². The molecule has 1 amide bonds. The molecule has 25 heavy (non-hydrogen) atoms. The summed E-state index contributed by atoms with van der Waals surface area (Å²) in [4.78, 5) is 25.7. The summed E-state index contributed by atoms with van der Waals surface area (Å²) >= 11 is 0. The van der Waals surface area contributed by atoms with Gasteiger partial charge in [-0.05, 0) is 37.8 Å². The average Bonchev–Trinajstić information content (AvgIpc) is 2.97. The minimum absolute atomic E-state index is 0.0186. The Hall–Kier alpha value is -2.43. The van der Waals surface area contributed by atoms with Crippen molar-refractivity contribution in [1.82, 2.24) is 14.9 Å². The zero-order valence-electron chi connectivity index (χ0n) is 15.3. The van der Waals surface area contributed by atoms with Crippen molar-refractivity contribution in [2.24, 2.45) is 0 Å². The van der Waals surface area contributed by atoms with Crippen LogP contribution in [-0.2, 0) is 6.42 Å². The van der Waals surface area contributed by atoms with Crippen molar-refractivity contribution in [3.63, 3.8) is 0 Å². The third kappa shape index (κ3) is 3.50. The molecule has 1 atom stereocenters. The summed E-state index contributed by atoms with van der Waals surface area (Å²) in [5.41, 5.74) is 3.04. The van der Waals surface area contributed by atoms with E-state index < -0.39 is 0 Å². The largest absolute Gasteiger partial charge is 0.339 e. The summed E-state index contributed by atoms with van der Waals surface area (Å²) in [5.74, 6) is 0.677. The Kier molecular flexibility index (Phi) is 5.31. The van der Waals surface area contributed by atoms with Gasteiger partial charge in [-0.15, -0.1) is 0 Å². The smallest absolute Gasteiger partial charge is 0.256 e. The molecule has 0 saturated heterocycles. The summed E-state index contributed by atoms with van der Waals surface area (Å²) in [6.07, 6.45) is 6.22. The fourth-order valence-electron chi connectivity index (χ4n) is 3.46. The minimum Gasteiger partial charge on any atom is -0.339 e. The predicted molar refractivity (Wildman–Crippen MR) is 100 cm³/mol. The Morgan fingerprint density at radius 3 is 2.44 bits per heavy atom. The standard InChI is InChI=1S/C20H26N4O/c1-4-10-23(11-5-2)19(25)17-13-21-20(22-14-17)24-15(3)12-16-8-6-7-9-18(16)24/h6-9,13-15H,4-5,10-12H2,1-3H3. The Bertz CT molecular complexity index is 723. The van der Waals surface area contributed by atoms with Gasteiger partial charge < -0.3 is 9.80 Å². The van der Waals surface area contributed by atoms with E-state index in [4.69, 9.17) is 0 Å². The van der Waals surface area contributed by atoms with Crippen LogP contribution in [0, 0.1) is 0 Å². The van der Waals surface area contributed by atoms with E-state index in [-0.39, 0.29) is 5.91 Å². The quantitative estimate of drug-likeness (QED) is 0.803. The predicted octanol–water partition coefficient (Wildman–Crippen LogP) is 3.82. The van der Waals surface area contributed by atoms with Crippen molar-refractivity contribution < 1.29 is 4.79 Å². The topological polar surface area (TPSA) is 49.3 Å². The van der Waals surface area contributed by atoms with E-state index in [2.05, 4.69) is 53.8 Å². The second kappa shape index (κ2) is 7.64. The molecule has 1 aromatic carbocycles. The van der Waals surface area contributed by atoms with Crippen LogP contribution in [0.2, 0.25) is 0 Å². The number of rotatable bonds is 6. The van der Waals surface area contributed by atoms with Crippen LogP contribution in [0.25, 0.3) is 0 Å². The molecule has 1 unspecified atom stereocenters. The number of fused-ring (bicyclic) bond motifs is 1. The number of aromatic nitrogens is 2. The third-order valence-electron chi connectivity index (χ3n) is 4.58. The number of benzene rings is 1. The van der Waals surface area contributed by atoms with Crippen LogP contribution < -0.4 is 4.90 Å². The molecule has 0 spiro atoms. The van der Waals surface area contributed by atoms with Crippen LogP contribution in [0.15, 0.2) is 36.7 Å². The molecule has 0 radical (unpaired) electrons. The molecule has 1 aliphatic rings. The first-order valence-corrected chi connectivity index (χ1v) is 9.14. The molecule has 3 rings (SSSR count). The second-order valence-corrected chi connectivity index (χ2v) is 6.62. The van der Waals surface area contributed by atoms with Crippen molar-refractivity contribution in [3.05, 3.63) is 47.8 Å². The highest BCUT2D eigenvalue weighted by Crippen LogP contribution is 2.36. The van der Waals surface area contributed by atoms with Crippen molar-refractivity contribution in [2.75, 3.05) is 18.0 Å². The molecule has 0 aliphatic carbocycles. The van der Waals surface area contributed by atoms with Crippen LogP contribution in [-0.4, -0.2) is 39.9 Å². The zero-order chi connectivity index (χ0) is 17.8. The number of amides is 1. The van der Waals surface area contributed by atoms with Gasteiger partial charge in [-0.3, -0.25) is 4.79 Å². The molecule has 0 N–H and O–H groups in total. The lowest BCUT2D eigenvalue weighted by Crippen LogP contribution is -2.33. The van der Waals surface area contributed by atoms with Gasteiger partial charge in [0.25, 0.3) is 5.91 Å². The molecule has 1 aromatic heterocycles. The van der Waals surface area contributed by atoms with Crippen LogP contribution in [0.1, 0.15) is 49.5 Å². The number of anilines is 2. The Labute approximate surface area is 149 Å². The molecular formula is C20H26N4O. The summed E-state index contributed by atoms with van der Waals surface area (Å²) in [7, 11) is 0. The lowest BCUT2D eigenvalue weighted by Gasteiger charge is -2.23. The second-order valence-electron chi connectivity index (χ2n) is 6.62. The Morgan fingerprint density at radius 1 is 1.16 bits per heavy atom. The highest BCUT2D eigenvalue weighted by atomic mass is 16.2. The Morgan fingerprint density at radius 2 is 1.80 bits per heavy atom. The highest BCUT2D eigenvalue weighted by Gasteiger charge is 2.28. The average molecular weight is 338 g/mol. The van der Waals surface area contributed by atoms with E-state index in [0.717, 1.165) is 38.0 Å². The molecule has 0 saturated carbocycles. The molecule has 5 nitrogen and oxygen atoms in total. The van der Waals surface area contributed by atoms with Crippen LogP contribution in [0.4, 0.5) is 11.6 Å². The molecule has 132 valence electrons. The summed E-state index contributed by atoms with van der Waals surface area (Å²) in [6, 6.07) is 8.67. The fraction of sp³-hybridized carbons (Fsp3) is 0.450. The van der Waals surface area contributed by atoms with E-state index in [1.54, 1.807) is 12.4 Å². The maximum Gasteiger partial charge on any atom is 0.256 e. The van der Waals surface area contributed by atoms with Crippen molar-refractivity contribution in [3.8, 4) is 0 Å². The van der Waals surface area contributed by atoms with Crippen molar-refractivity contribution in [2.45, 2.75) is 46.1 Å². The van der Waals surface area contributed by atoms with Gasteiger partial charge in [0, 0.05) is 37.2 Å². The SMILES string of the molecule is CCCN(CCC)C(=O)c1cnc(N2c3ccccc3CC2C)nc1. The van der Waals surface area contributed by atoms with E-state index >= 15 is 0 Å². The number of hydrogen-bond donors (Lipinski definition) is 0. The lowest BCUT2D eigenvalue weighted by molar-refractivity contribution is 0.0754. The maximum atomic E-state index is 12.7. The maximum absolute atomic E-state index is 12.7. The van der Waals surface area contributed by atoms with Gasteiger partial charge in [0.2, 0.25) is 5.95 Å². The monoisotopic (exact) mass is 338 g/mol. The van der Waals surface area contributed by atoms with E-state index in [1.807, 2.05) is 11.0 Å². The van der Waals surface area contributed by atoms with Gasteiger partial charge >= 0.3 is 0 Å². The van der Waals surface area contributed by atoms with Crippen LogP contribution in [0.5, 0.6) is 0 Å². The lowest BCUT2D eigenvalue weighted by atomic mass is 10.1. The number of carbonyl (C=O) groups excluding carboxylic acids is 1.